The van der Waals surface area contributed by atoms with Crippen molar-refractivity contribution in [3.8, 4) is 0 Å². The highest BCUT2D eigenvalue weighted by atomic mass is 32.1. The Kier molecular flexibility index (Phi) is 5.34. The number of ether oxygens (including phenoxy) is 1. The molecular formula is C17H27N3O2S. The Morgan fingerprint density at radius 1 is 1.35 bits per heavy atom. The van der Waals surface area contributed by atoms with Gasteiger partial charge in [0.2, 0.25) is 5.91 Å². The topological polar surface area (TPSA) is 45.7 Å². The molecule has 1 aromatic heterocycles. The van der Waals surface area contributed by atoms with Crippen LogP contribution >= 0.6 is 11.3 Å². The van der Waals surface area contributed by atoms with E-state index in [1.54, 1.807) is 18.4 Å². The Labute approximate surface area is 142 Å². The highest BCUT2D eigenvalue weighted by Gasteiger charge is 2.40. The first-order valence-corrected chi connectivity index (χ1v) is 9.38. The minimum atomic E-state index is 0.301. The van der Waals surface area contributed by atoms with Gasteiger partial charge in [-0.1, -0.05) is 0 Å². The van der Waals surface area contributed by atoms with Gasteiger partial charge in [-0.3, -0.25) is 9.69 Å². The van der Waals surface area contributed by atoms with Gasteiger partial charge in [0.15, 0.2) is 0 Å². The average molecular weight is 337 g/mol. The van der Waals surface area contributed by atoms with Gasteiger partial charge in [-0.2, -0.15) is 0 Å². The average Bonchev–Trinajstić information content (AvgIpc) is 2.96. The Morgan fingerprint density at radius 3 is 2.78 bits per heavy atom. The van der Waals surface area contributed by atoms with Crippen LogP contribution in [0.15, 0.2) is 5.51 Å². The van der Waals surface area contributed by atoms with Crippen molar-refractivity contribution in [1.82, 2.24) is 14.8 Å². The molecule has 3 heterocycles. The number of hydrogen-bond acceptors (Lipinski definition) is 5. The van der Waals surface area contributed by atoms with Gasteiger partial charge >= 0.3 is 0 Å². The summed E-state index contributed by atoms with van der Waals surface area (Å²) in [5.41, 5.74) is 3.45. The number of hydrogen-bond donors (Lipinski definition) is 0. The van der Waals surface area contributed by atoms with Crippen molar-refractivity contribution >= 4 is 17.2 Å². The minimum absolute atomic E-state index is 0.301. The molecule has 1 aromatic rings. The summed E-state index contributed by atoms with van der Waals surface area (Å²) in [6.45, 7) is 7.67. The molecule has 0 saturated carbocycles. The lowest BCUT2D eigenvalue weighted by atomic mass is 9.72. The number of thiazole rings is 1. The standard InChI is InChI=1S/C17H27N3O2S/c1-14-15(23-13-18-14)11-19-7-5-17(6-8-19)4-3-16(21)20(12-17)9-10-22-2/h13H,3-12H2,1-2H3. The number of aryl methyl sites for hydroxylation is 1. The summed E-state index contributed by atoms with van der Waals surface area (Å²) in [5.74, 6) is 0.301. The molecule has 1 spiro atoms. The number of likely N-dealkylation sites (tertiary alicyclic amines) is 2. The summed E-state index contributed by atoms with van der Waals surface area (Å²) in [7, 11) is 1.70. The lowest BCUT2D eigenvalue weighted by Crippen LogP contribution is -2.52. The molecule has 6 heteroatoms. The predicted octanol–water partition coefficient (Wildman–Crippen LogP) is 2.30. The monoisotopic (exact) mass is 337 g/mol. The third-order valence-corrected chi connectivity index (χ3v) is 6.36. The fraction of sp³-hybridized carbons (Fsp3) is 0.765. The molecule has 0 radical (unpaired) electrons. The molecule has 3 rings (SSSR count). The van der Waals surface area contributed by atoms with Crippen molar-refractivity contribution in [2.45, 2.75) is 39.2 Å². The molecule has 23 heavy (non-hydrogen) atoms. The van der Waals surface area contributed by atoms with Crippen LogP contribution in [0, 0.1) is 12.3 Å². The van der Waals surface area contributed by atoms with Gasteiger partial charge in [-0.05, 0) is 44.7 Å². The zero-order valence-corrected chi connectivity index (χ0v) is 15.0. The van der Waals surface area contributed by atoms with Gasteiger partial charge < -0.3 is 9.64 Å². The van der Waals surface area contributed by atoms with Gasteiger partial charge in [-0.15, -0.1) is 11.3 Å². The Hall–Kier alpha value is -0.980. The molecule has 1 amide bonds. The summed E-state index contributed by atoms with van der Waals surface area (Å²) in [6.07, 6.45) is 4.16. The maximum absolute atomic E-state index is 12.1. The van der Waals surface area contributed by atoms with Gasteiger partial charge in [0, 0.05) is 38.0 Å². The van der Waals surface area contributed by atoms with Crippen LogP contribution in [0.2, 0.25) is 0 Å². The second-order valence-electron chi connectivity index (χ2n) is 6.95. The first-order valence-electron chi connectivity index (χ1n) is 8.50. The molecule has 0 aliphatic carbocycles. The molecule has 0 bridgehead atoms. The SMILES string of the molecule is COCCN1CC2(CCC1=O)CCN(Cc1scnc1C)CC2. The largest absolute Gasteiger partial charge is 0.383 e. The molecule has 2 saturated heterocycles. The third kappa shape index (κ3) is 3.92. The van der Waals surface area contributed by atoms with E-state index in [1.807, 2.05) is 10.4 Å². The second-order valence-corrected chi connectivity index (χ2v) is 7.88. The maximum Gasteiger partial charge on any atom is 0.222 e. The van der Waals surface area contributed by atoms with E-state index in [0.717, 1.165) is 39.1 Å². The normalized spacial score (nSPS) is 22.0. The zero-order valence-electron chi connectivity index (χ0n) is 14.2. The molecule has 0 aromatic carbocycles. The summed E-state index contributed by atoms with van der Waals surface area (Å²) in [5, 5.41) is 0. The number of piperidine rings is 2. The van der Waals surface area contributed by atoms with Crippen LogP contribution < -0.4 is 0 Å². The van der Waals surface area contributed by atoms with Gasteiger partial charge in [-0.25, -0.2) is 4.98 Å². The highest BCUT2D eigenvalue weighted by Crippen LogP contribution is 2.40. The van der Waals surface area contributed by atoms with Crippen molar-refractivity contribution < 1.29 is 9.53 Å². The van der Waals surface area contributed by atoms with Crippen molar-refractivity contribution in [1.29, 1.82) is 0 Å². The van der Waals surface area contributed by atoms with Crippen molar-refractivity contribution in [3.63, 3.8) is 0 Å². The Balaban J connectivity index is 1.55. The van der Waals surface area contributed by atoms with Crippen molar-refractivity contribution in [2.75, 3.05) is 39.9 Å². The molecule has 0 atom stereocenters. The van der Waals surface area contributed by atoms with Gasteiger partial charge in [0.1, 0.15) is 0 Å². The van der Waals surface area contributed by atoms with Crippen LogP contribution in [0.4, 0.5) is 0 Å². The van der Waals surface area contributed by atoms with Crippen molar-refractivity contribution in [2.24, 2.45) is 5.41 Å². The zero-order chi connectivity index (χ0) is 16.3. The molecule has 2 fully saturated rings. The lowest BCUT2D eigenvalue weighted by Gasteiger charge is -2.47. The molecule has 0 N–H and O–H groups in total. The first-order chi connectivity index (χ1) is 11.1. The Morgan fingerprint density at radius 2 is 2.13 bits per heavy atom. The van der Waals surface area contributed by atoms with Crippen LogP contribution in [0.3, 0.4) is 0 Å². The van der Waals surface area contributed by atoms with Crippen LogP contribution in [-0.2, 0) is 16.1 Å². The van der Waals surface area contributed by atoms with Crippen LogP contribution in [0.5, 0.6) is 0 Å². The van der Waals surface area contributed by atoms with Gasteiger partial charge in [0.25, 0.3) is 0 Å². The first kappa shape index (κ1) is 16.9. The fourth-order valence-corrected chi connectivity index (χ4v) is 4.60. The fourth-order valence-electron chi connectivity index (χ4n) is 3.78. The highest BCUT2D eigenvalue weighted by molar-refractivity contribution is 7.09. The number of rotatable bonds is 5. The van der Waals surface area contributed by atoms with E-state index in [2.05, 4.69) is 16.8 Å². The quantitative estimate of drug-likeness (QED) is 0.827. The van der Waals surface area contributed by atoms with E-state index in [0.29, 0.717) is 24.3 Å². The summed E-state index contributed by atoms with van der Waals surface area (Å²) in [6, 6.07) is 0. The smallest absolute Gasteiger partial charge is 0.222 e. The van der Waals surface area contributed by atoms with Crippen LogP contribution in [0.1, 0.15) is 36.3 Å². The molecular weight excluding hydrogens is 310 g/mol. The third-order valence-electron chi connectivity index (χ3n) is 5.44. The van der Waals surface area contributed by atoms with E-state index >= 15 is 0 Å². The van der Waals surface area contributed by atoms with E-state index in [-0.39, 0.29) is 0 Å². The molecule has 2 aliphatic rings. The second kappa shape index (κ2) is 7.28. The van der Waals surface area contributed by atoms with Crippen molar-refractivity contribution in [3.05, 3.63) is 16.1 Å². The molecule has 0 unspecified atom stereocenters. The number of carbonyl (C=O) groups excluding carboxylic acids is 1. The van der Waals surface area contributed by atoms with E-state index in [4.69, 9.17) is 4.74 Å². The summed E-state index contributed by atoms with van der Waals surface area (Å²) < 4.78 is 5.15. The van der Waals surface area contributed by atoms with Crippen LogP contribution in [-0.4, -0.2) is 60.6 Å². The number of aromatic nitrogens is 1. The lowest BCUT2D eigenvalue weighted by molar-refractivity contribution is -0.139. The molecule has 5 nitrogen and oxygen atoms in total. The predicted molar refractivity (Wildman–Crippen MR) is 91.5 cm³/mol. The van der Waals surface area contributed by atoms with E-state index in [9.17, 15) is 4.79 Å². The van der Waals surface area contributed by atoms with Gasteiger partial charge in [0.05, 0.1) is 17.8 Å². The number of amides is 1. The maximum atomic E-state index is 12.1. The minimum Gasteiger partial charge on any atom is -0.383 e. The van der Waals surface area contributed by atoms with E-state index in [1.165, 1.54) is 23.4 Å². The Bertz CT molecular complexity index is 538. The van der Waals surface area contributed by atoms with Crippen LogP contribution in [0.25, 0.3) is 0 Å². The number of methoxy groups -OCH3 is 1. The molecule has 128 valence electrons. The number of nitrogens with zero attached hydrogens (tertiary/aromatic N) is 3. The number of carbonyl (C=O) groups is 1. The summed E-state index contributed by atoms with van der Waals surface area (Å²) in [4.78, 5) is 22.4. The molecule has 2 aliphatic heterocycles. The summed E-state index contributed by atoms with van der Waals surface area (Å²) >= 11 is 1.76. The van der Waals surface area contributed by atoms with E-state index < -0.39 is 0 Å².